The van der Waals surface area contributed by atoms with Gasteiger partial charge in [-0.15, -0.1) is 0 Å². The summed E-state index contributed by atoms with van der Waals surface area (Å²) >= 11 is 11.9. The standard InChI is InChI=1S/C19H24Cl2N2O3/c1-11-12(2)23(3)19(25)17(26-4)16(11)18(24)22-9-5-6-13-7-8-14(20)15(21)10-13/h7-8,10,16-17H,5-6,9H2,1-4H3,(H,22,24). The molecule has 0 bridgehead atoms. The predicted molar refractivity (Wildman–Crippen MR) is 103 cm³/mol. The molecule has 1 aliphatic rings. The predicted octanol–water partition coefficient (Wildman–Crippen LogP) is 3.44. The number of allylic oxidation sites excluding steroid dienone is 1. The molecule has 2 unspecified atom stereocenters. The van der Waals surface area contributed by atoms with Crippen molar-refractivity contribution in [3.05, 3.63) is 45.1 Å². The number of hydrogen-bond donors (Lipinski definition) is 1. The normalized spacial score (nSPS) is 20.5. The molecule has 2 rings (SSSR count). The van der Waals surface area contributed by atoms with E-state index in [1.807, 2.05) is 26.0 Å². The van der Waals surface area contributed by atoms with Crippen LogP contribution >= 0.6 is 23.2 Å². The smallest absolute Gasteiger partial charge is 0.256 e. The van der Waals surface area contributed by atoms with Gasteiger partial charge in [-0.25, -0.2) is 0 Å². The maximum atomic E-state index is 12.7. The average molecular weight is 399 g/mol. The average Bonchev–Trinajstić information content (AvgIpc) is 2.62. The topological polar surface area (TPSA) is 58.6 Å². The number of carbonyl (C=O) groups is 2. The Labute approximate surface area is 164 Å². The van der Waals surface area contributed by atoms with Gasteiger partial charge < -0.3 is 15.0 Å². The molecule has 1 aromatic rings. The Morgan fingerprint density at radius 3 is 2.58 bits per heavy atom. The third kappa shape index (κ3) is 4.40. The summed E-state index contributed by atoms with van der Waals surface area (Å²) < 4.78 is 5.31. The van der Waals surface area contributed by atoms with Gasteiger partial charge in [0.2, 0.25) is 5.91 Å². The number of nitrogens with one attached hydrogen (secondary N) is 1. The van der Waals surface area contributed by atoms with Crippen molar-refractivity contribution in [3.8, 4) is 0 Å². The van der Waals surface area contributed by atoms with E-state index in [-0.39, 0.29) is 11.8 Å². The van der Waals surface area contributed by atoms with E-state index >= 15 is 0 Å². The van der Waals surface area contributed by atoms with Crippen molar-refractivity contribution >= 4 is 35.0 Å². The van der Waals surface area contributed by atoms with Crippen molar-refractivity contribution in [1.29, 1.82) is 0 Å². The number of hydrogen-bond acceptors (Lipinski definition) is 3. The number of carbonyl (C=O) groups excluding carboxylic acids is 2. The van der Waals surface area contributed by atoms with E-state index in [1.165, 1.54) is 12.0 Å². The lowest BCUT2D eigenvalue weighted by atomic mass is 9.87. The third-order valence-electron chi connectivity index (χ3n) is 4.88. The highest BCUT2D eigenvalue weighted by molar-refractivity contribution is 6.42. The molecule has 0 radical (unpaired) electrons. The second-order valence-electron chi connectivity index (χ2n) is 6.44. The van der Waals surface area contributed by atoms with E-state index in [9.17, 15) is 9.59 Å². The number of rotatable bonds is 6. The zero-order chi connectivity index (χ0) is 19.4. The molecule has 1 N–H and O–H groups in total. The molecule has 2 amide bonds. The fourth-order valence-electron chi connectivity index (χ4n) is 3.10. The van der Waals surface area contributed by atoms with E-state index in [4.69, 9.17) is 27.9 Å². The maximum Gasteiger partial charge on any atom is 0.256 e. The summed E-state index contributed by atoms with van der Waals surface area (Å²) in [6, 6.07) is 5.52. The molecular weight excluding hydrogens is 375 g/mol. The van der Waals surface area contributed by atoms with E-state index in [2.05, 4.69) is 5.32 Å². The number of benzene rings is 1. The largest absolute Gasteiger partial charge is 0.370 e. The minimum absolute atomic E-state index is 0.190. The van der Waals surface area contributed by atoms with Gasteiger partial charge >= 0.3 is 0 Å². The quantitative estimate of drug-likeness (QED) is 0.746. The monoisotopic (exact) mass is 398 g/mol. The van der Waals surface area contributed by atoms with E-state index in [1.54, 1.807) is 13.1 Å². The van der Waals surface area contributed by atoms with Crippen molar-refractivity contribution < 1.29 is 14.3 Å². The van der Waals surface area contributed by atoms with Crippen LogP contribution in [-0.2, 0) is 20.7 Å². The first-order valence-electron chi connectivity index (χ1n) is 8.47. The zero-order valence-corrected chi connectivity index (χ0v) is 16.9. The van der Waals surface area contributed by atoms with Crippen LogP contribution in [0.3, 0.4) is 0 Å². The zero-order valence-electron chi connectivity index (χ0n) is 15.4. The van der Waals surface area contributed by atoms with Gasteiger partial charge in [-0.3, -0.25) is 9.59 Å². The molecule has 7 heteroatoms. The first kappa shape index (κ1) is 20.7. The molecule has 0 saturated carbocycles. The van der Waals surface area contributed by atoms with Gasteiger partial charge in [0.25, 0.3) is 5.91 Å². The number of aryl methyl sites for hydroxylation is 1. The summed E-state index contributed by atoms with van der Waals surface area (Å²) in [7, 11) is 3.15. The van der Waals surface area contributed by atoms with Gasteiger partial charge in [0.05, 0.1) is 16.0 Å². The van der Waals surface area contributed by atoms with Gasteiger partial charge in [0, 0.05) is 26.4 Å². The van der Waals surface area contributed by atoms with Crippen LogP contribution in [0.2, 0.25) is 10.0 Å². The number of amides is 2. The van der Waals surface area contributed by atoms with E-state index in [0.29, 0.717) is 16.6 Å². The minimum atomic E-state index is -0.793. The molecule has 1 aliphatic heterocycles. The first-order valence-corrected chi connectivity index (χ1v) is 9.23. The van der Waals surface area contributed by atoms with Crippen molar-refractivity contribution in [2.45, 2.75) is 32.8 Å². The van der Waals surface area contributed by atoms with Gasteiger partial charge in [-0.05, 0) is 50.0 Å². The van der Waals surface area contributed by atoms with Gasteiger partial charge in [-0.1, -0.05) is 29.3 Å². The number of likely N-dealkylation sites (N-methyl/N-ethyl adjacent to an activating group) is 1. The van der Waals surface area contributed by atoms with Crippen LogP contribution < -0.4 is 5.32 Å². The molecule has 26 heavy (non-hydrogen) atoms. The van der Waals surface area contributed by atoms with Crippen molar-refractivity contribution in [1.82, 2.24) is 10.2 Å². The highest BCUT2D eigenvalue weighted by Gasteiger charge is 2.41. The Morgan fingerprint density at radius 2 is 1.96 bits per heavy atom. The van der Waals surface area contributed by atoms with Crippen molar-refractivity contribution in [2.75, 3.05) is 20.7 Å². The molecule has 0 fully saturated rings. The lowest BCUT2D eigenvalue weighted by Crippen LogP contribution is -2.51. The summed E-state index contributed by atoms with van der Waals surface area (Å²) in [5.41, 5.74) is 2.70. The Hall–Kier alpha value is -1.56. The Morgan fingerprint density at radius 1 is 1.27 bits per heavy atom. The number of halogens is 2. The summed E-state index contributed by atoms with van der Waals surface area (Å²) in [5, 5.41) is 3.97. The van der Waals surface area contributed by atoms with Crippen LogP contribution in [-0.4, -0.2) is 43.5 Å². The molecule has 0 saturated heterocycles. The highest BCUT2D eigenvalue weighted by Crippen LogP contribution is 2.29. The second-order valence-corrected chi connectivity index (χ2v) is 7.26. The van der Waals surface area contributed by atoms with E-state index < -0.39 is 12.0 Å². The molecule has 5 nitrogen and oxygen atoms in total. The molecule has 0 aromatic heterocycles. The van der Waals surface area contributed by atoms with Crippen LogP contribution in [0.15, 0.2) is 29.5 Å². The van der Waals surface area contributed by atoms with Crippen molar-refractivity contribution in [3.63, 3.8) is 0 Å². The third-order valence-corrected chi connectivity index (χ3v) is 5.62. The molecular formula is C19H24Cl2N2O3. The lowest BCUT2D eigenvalue weighted by Gasteiger charge is -2.36. The van der Waals surface area contributed by atoms with Crippen LogP contribution in [0.25, 0.3) is 0 Å². The second kappa shape index (κ2) is 8.89. The number of nitrogens with zero attached hydrogens (tertiary/aromatic N) is 1. The summed E-state index contributed by atoms with van der Waals surface area (Å²) in [6.07, 6.45) is 0.730. The van der Waals surface area contributed by atoms with Gasteiger partial charge in [0.1, 0.15) is 0 Å². The van der Waals surface area contributed by atoms with Crippen LogP contribution in [0, 0.1) is 5.92 Å². The van der Waals surface area contributed by atoms with Gasteiger partial charge in [0.15, 0.2) is 6.10 Å². The Kier molecular flexibility index (Phi) is 7.09. The van der Waals surface area contributed by atoms with E-state index in [0.717, 1.165) is 29.7 Å². The molecule has 1 aromatic carbocycles. The summed E-state index contributed by atoms with van der Waals surface area (Å²) in [6.45, 7) is 4.20. The maximum absolute atomic E-state index is 12.7. The van der Waals surface area contributed by atoms with Crippen LogP contribution in [0.4, 0.5) is 0 Å². The van der Waals surface area contributed by atoms with Crippen molar-refractivity contribution in [2.24, 2.45) is 5.92 Å². The molecule has 1 heterocycles. The summed E-state index contributed by atoms with van der Waals surface area (Å²) in [4.78, 5) is 26.6. The molecule has 142 valence electrons. The highest BCUT2D eigenvalue weighted by atomic mass is 35.5. The Balaban J connectivity index is 1.95. The van der Waals surface area contributed by atoms with Crippen LogP contribution in [0.1, 0.15) is 25.8 Å². The Bertz CT molecular complexity index is 733. The lowest BCUT2D eigenvalue weighted by molar-refractivity contribution is -0.148. The fraction of sp³-hybridized carbons (Fsp3) is 0.474. The molecule has 2 atom stereocenters. The van der Waals surface area contributed by atoms with Crippen LogP contribution in [0.5, 0.6) is 0 Å². The fourth-order valence-corrected chi connectivity index (χ4v) is 3.42. The SMILES string of the molecule is COC1C(=O)N(C)C(C)=C(C)C1C(=O)NCCCc1ccc(Cl)c(Cl)c1. The van der Waals surface area contributed by atoms with Gasteiger partial charge in [-0.2, -0.15) is 0 Å². The molecule has 0 spiro atoms. The summed E-state index contributed by atoms with van der Waals surface area (Å²) in [5.74, 6) is -0.996. The molecule has 0 aliphatic carbocycles. The first-order chi connectivity index (χ1) is 12.3. The number of ether oxygens (including phenoxy) is 1. The number of methoxy groups -OCH3 is 1. The minimum Gasteiger partial charge on any atom is -0.370 e.